The van der Waals surface area contributed by atoms with Crippen LogP contribution < -0.4 is 10.1 Å². The Bertz CT molecular complexity index is 699. The van der Waals surface area contributed by atoms with Crippen LogP contribution in [0.1, 0.15) is 5.56 Å². The van der Waals surface area contributed by atoms with Crippen LogP contribution >= 0.6 is 23.2 Å². The van der Waals surface area contributed by atoms with Crippen LogP contribution in [0, 0.1) is 0 Å². The summed E-state index contributed by atoms with van der Waals surface area (Å²) < 4.78 is 44.0. The molecule has 24 heavy (non-hydrogen) atoms. The van der Waals surface area contributed by atoms with Gasteiger partial charge in [-0.05, 0) is 30.3 Å². The van der Waals surface area contributed by atoms with Gasteiger partial charge in [0.2, 0.25) is 5.88 Å². The van der Waals surface area contributed by atoms with Gasteiger partial charge in [0.05, 0.1) is 17.0 Å². The second kappa shape index (κ2) is 7.92. The number of hydrogen-bond acceptors (Lipinski definition) is 4. The molecule has 0 aliphatic carbocycles. The average molecular weight is 381 g/mol. The van der Waals surface area contributed by atoms with Gasteiger partial charge in [0.1, 0.15) is 11.3 Å². The van der Waals surface area contributed by atoms with E-state index in [2.05, 4.69) is 10.3 Å². The topological polar surface area (TPSA) is 54.4 Å². The van der Waals surface area contributed by atoms with Gasteiger partial charge in [-0.15, -0.1) is 11.6 Å². The van der Waals surface area contributed by atoms with Gasteiger partial charge in [-0.25, -0.2) is 4.98 Å². The lowest BCUT2D eigenvalue weighted by atomic mass is 10.2. The van der Waals surface area contributed by atoms with Crippen LogP contribution in [0.4, 0.5) is 18.9 Å². The number of anilines is 1. The van der Waals surface area contributed by atoms with E-state index in [1.807, 2.05) is 0 Å². The molecule has 0 aliphatic rings. The minimum Gasteiger partial charge on any atom is -0.437 e. The molecule has 1 atom stereocenters. The highest BCUT2D eigenvalue weighted by atomic mass is 35.5. The molecule has 1 heterocycles. The summed E-state index contributed by atoms with van der Waals surface area (Å²) in [6.45, 7) is 0.207. The average Bonchev–Trinajstić information content (AvgIpc) is 2.54. The highest BCUT2D eigenvalue weighted by molar-refractivity contribution is 6.32. The molecule has 0 aliphatic heterocycles. The molecular formula is C15H13Cl2F3N2O2. The molecule has 1 unspecified atom stereocenters. The number of aliphatic hydroxyl groups is 1. The maximum Gasteiger partial charge on any atom is 0.421 e. The number of alkyl halides is 4. The highest BCUT2D eigenvalue weighted by Gasteiger charge is 2.35. The van der Waals surface area contributed by atoms with Gasteiger partial charge < -0.3 is 15.2 Å². The van der Waals surface area contributed by atoms with E-state index in [-0.39, 0.29) is 23.2 Å². The number of rotatable bonds is 6. The molecule has 0 amide bonds. The fraction of sp³-hybridized carbons (Fsp3) is 0.267. The van der Waals surface area contributed by atoms with Crippen molar-refractivity contribution in [3.05, 3.63) is 47.1 Å². The zero-order chi connectivity index (χ0) is 17.7. The van der Waals surface area contributed by atoms with E-state index < -0.39 is 23.7 Å². The lowest BCUT2D eigenvalue weighted by molar-refractivity contribution is -0.138. The van der Waals surface area contributed by atoms with Gasteiger partial charge in [-0.2, -0.15) is 13.2 Å². The Labute approximate surface area is 146 Å². The number of aromatic nitrogens is 1. The fourth-order valence-corrected chi connectivity index (χ4v) is 2.10. The molecule has 2 N–H and O–H groups in total. The van der Waals surface area contributed by atoms with E-state index in [9.17, 15) is 18.3 Å². The first-order valence-corrected chi connectivity index (χ1v) is 7.70. The molecule has 2 aromatic rings. The fourth-order valence-electron chi connectivity index (χ4n) is 1.78. The summed E-state index contributed by atoms with van der Waals surface area (Å²) in [5.74, 6) is -0.476. The number of hydrogen-bond donors (Lipinski definition) is 2. The van der Waals surface area contributed by atoms with Gasteiger partial charge in [0.25, 0.3) is 0 Å². The van der Waals surface area contributed by atoms with Crippen LogP contribution in [0.2, 0.25) is 5.02 Å². The van der Waals surface area contributed by atoms with Crippen molar-refractivity contribution in [2.45, 2.75) is 12.3 Å². The number of nitrogens with one attached hydrogen (secondary N) is 1. The number of nitrogens with zero attached hydrogens (tertiary/aromatic N) is 1. The first kappa shape index (κ1) is 18.6. The van der Waals surface area contributed by atoms with Crippen molar-refractivity contribution in [1.29, 1.82) is 0 Å². The lowest BCUT2D eigenvalue weighted by Gasteiger charge is -2.14. The van der Waals surface area contributed by atoms with E-state index in [1.54, 1.807) is 6.07 Å². The Balaban J connectivity index is 2.17. The summed E-state index contributed by atoms with van der Waals surface area (Å²) in [5, 5.41) is 12.4. The molecule has 2 rings (SSSR count). The molecule has 0 saturated heterocycles. The molecule has 9 heteroatoms. The molecule has 0 saturated carbocycles. The molecule has 0 fully saturated rings. The number of benzene rings is 1. The van der Waals surface area contributed by atoms with Crippen molar-refractivity contribution in [3.8, 4) is 11.6 Å². The standard InChI is InChI=1S/C15H13Cl2F3N2O2/c16-7-10(23)8-22-9-3-4-13(12(17)6-9)24-14-11(15(18,19)20)2-1-5-21-14/h1-6,10,22-23H,7-8H2. The quantitative estimate of drug-likeness (QED) is 0.721. The third kappa shape index (κ3) is 4.90. The maximum atomic E-state index is 12.9. The zero-order valence-corrected chi connectivity index (χ0v) is 13.7. The first-order valence-electron chi connectivity index (χ1n) is 6.78. The molecule has 4 nitrogen and oxygen atoms in total. The molecule has 130 valence electrons. The van der Waals surface area contributed by atoms with E-state index in [1.165, 1.54) is 24.4 Å². The summed E-state index contributed by atoms with van der Waals surface area (Å²) in [4.78, 5) is 3.61. The predicted octanol–water partition coefficient (Wildman–Crippen LogP) is 4.56. The third-order valence-corrected chi connectivity index (χ3v) is 3.59. The van der Waals surface area contributed by atoms with Crippen molar-refractivity contribution in [1.82, 2.24) is 4.98 Å². The van der Waals surface area contributed by atoms with Crippen LogP contribution in [0.3, 0.4) is 0 Å². The van der Waals surface area contributed by atoms with E-state index in [0.717, 1.165) is 6.07 Å². The van der Waals surface area contributed by atoms with Crippen molar-refractivity contribution in [2.24, 2.45) is 0 Å². The number of pyridine rings is 1. The SMILES string of the molecule is OC(CCl)CNc1ccc(Oc2ncccc2C(F)(F)F)c(Cl)c1. The van der Waals surface area contributed by atoms with Gasteiger partial charge in [0, 0.05) is 18.4 Å². The van der Waals surface area contributed by atoms with Crippen LogP contribution in [0.15, 0.2) is 36.5 Å². The van der Waals surface area contributed by atoms with Crippen molar-refractivity contribution in [3.63, 3.8) is 0 Å². The predicted molar refractivity (Wildman–Crippen MR) is 86.0 cm³/mol. The van der Waals surface area contributed by atoms with Crippen molar-refractivity contribution >= 4 is 28.9 Å². The monoisotopic (exact) mass is 380 g/mol. The third-order valence-electron chi connectivity index (χ3n) is 2.93. The number of aliphatic hydroxyl groups excluding tert-OH is 1. The van der Waals surface area contributed by atoms with E-state index in [0.29, 0.717) is 5.69 Å². The number of ether oxygens (including phenoxy) is 1. The Kier molecular flexibility index (Phi) is 6.15. The Morgan fingerprint density at radius 2 is 2.04 bits per heavy atom. The zero-order valence-electron chi connectivity index (χ0n) is 12.1. The molecule has 0 bridgehead atoms. The van der Waals surface area contributed by atoms with E-state index >= 15 is 0 Å². The van der Waals surface area contributed by atoms with Gasteiger partial charge in [-0.3, -0.25) is 0 Å². The van der Waals surface area contributed by atoms with Gasteiger partial charge in [-0.1, -0.05) is 11.6 Å². The summed E-state index contributed by atoms with van der Waals surface area (Å²) in [6, 6.07) is 6.48. The second-order valence-corrected chi connectivity index (χ2v) is 5.51. The summed E-state index contributed by atoms with van der Waals surface area (Å²) in [6.07, 6.45) is -4.12. The smallest absolute Gasteiger partial charge is 0.421 e. The summed E-state index contributed by atoms with van der Waals surface area (Å²) in [5.41, 5.74) is -0.429. The van der Waals surface area contributed by atoms with Crippen LogP contribution in [0.5, 0.6) is 11.6 Å². The van der Waals surface area contributed by atoms with E-state index in [4.69, 9.17) is 27.9 Å². The Morgan fingerprint density at radius 1 is 1.29 bits per heavy atom. The molecule has 0 spiro atoms. The minimum absolute atomic E-state index is 0.0318. The summed E-state index contributed by atoms with van der Waals surface area (Å²) in [7, 11) is 0. The Morgan fingerprint density at radius 3 is 2.67 bits per heavy atom. The maximum absolute atomic E-state index is 12.9. The minimum atomic E-state index is -4.59. The molecular weight excluding hydrogens is 368 g/mol. The molecule has 1 aromatic carbocycles. The largest absolute Gasteiger partial charge is 0.437 e. The van der Waals surface area contributed by atoms with Crippen molar-refractivity contribution < 1.29 is 23.0 Å². The van der Waals surface area contributed by atoms with Gasteiger partial charge in [0.15, 0.2) is 0 Å². The first-order chi connectivity index (χ1) is 11.3. The highest BCUT2D eigenvalue weighted by Crippen LogP contribution is 2.38. The van der Waals surface area contributed by atoms with Crippen molar-refractivity contribution in [2.75, 3.05) is 17.7 Å². The second-order valence-electron chi connectivity index (χ2n) is 4.79. The van der Waals surface area contributed by atoms with Crippen LogP contribution in [-0.4, -0.2) is 28.6 Å². The van der Waals surface area contributed by atoms with Crippen LogP contribution in [-0.2, 0) is 6.18 Å². The number of halogens is 5. The van der Waals surface area contributed by atoms with Crippen LogP contribution in [0.25, 0.3) is 0 Å². The normalized spacial score (nSPS) is 12.8. The molecule has 0 radical (unpaired) electrons. The lowest BCUT2D eigenvalue weighted by Crippen LogP contribution is -2.20. The van der Waals surface area contributed by atoms with Gasteiger partial charge >= 0.3 is 6.18 Å². The summed E-state index contributed by atoms with van der Waals surface area (Å²) >= 11 is 11.5. The molecule has 1 aromatic heterocycles. The Hall–Kier alpha value is -1.70.